The van der Waals surface area contributed by atoms with Crippen LogP contribution in [-0.2, 0) is 10.0 Å². The molecule has 2 amide bonds. The summed E-state index contributed by atoms with van der Waals surface area (Å²) in [6, 6.07) is 12.8. The monoisotopic (exact) mass is 555 g/mol. The van der Waals surface area contributed by atoms with Crippen LogP contribution in [-0.4, -0.2) is 78.4 Å². The van der Waals surface area contributed by atoms with Crippen LogP contribution < -0.4 is 10.1 Å². The fourth-order valence-corrected chi connectivity index (χ4v) is 6.71. The second-order valence-corrected chi connectivity index (χ2v) is 12.4. The molecule has 1 aliphatic carbocycles. The summed E-state index contributed by atoms with van der Waals surface area (Å²) in [5.74, 6) is 5.76. The van der Waals surface area contributed by atoms with Crippen molar-refractivity contribution in [1.82, 2.24) is 9.21 Å². The molecule has 9 nitrogen and oxygen atoms in total. The van der Waals surface area contributed by atoms with Crippen molar-refractivity contribution in [1.29, 1.82) is 0 Å². The molecule has 1 aliphatic heterocycles. The van der Waals surface area contributed by atoms with Gasteiger partial charge in [-0.25, -0.2) is 13.2 Å². The summed E-state index contributed by atoms with van der Waals surface area (Å²) in [5, 5.41) is 23.3. The SMILES string of the molecule is C[C@H]1CN([C@@H](C)CO)S(=O)(=O)c2ccc(C#CC3(O)CCCC3)cc2O[C@H]1CN(C)C(=O)Nc1ccccc1. The number of nitrogens with zero attached hydrogens (tertiary/aromatic N) is 2. The van der Waals surface area contributed by atoms with Crippen LogP contribution >= 0.6 is 0 Å². The molecule has 1 heterocycles. The molecule has 4 rings (SSSR count). The molecule has 3 N–H and O–H groups in total. The highest BCUT2D eigenvalue weighted by Gasteiger charge is 2.38. The van der Waals surface area contributed by atoms with Gasteiger partial charge in [-0.3, -0.25) is 0 Å². The first-order chi connectivity index (χ1) is 18.5. The van der Waals surface area contributed by atoms with Gasteiger partial charge in [-0.1, -0.05) is 37.0 Å². The molecule has 0 aromatic heterocycles. The number of benzene rings is 2. The predicted molar refractivity (Wildman–Crippen MR) is 149 cm³/mol. The number of nitrogens with one attached hydrogen (secondary N) is 1. The Hall–Kier alpha value is -3.10. The van der Waals surface area contributed by atoms with Crippen LogP contribution in [0.3, 0.4) is 0 Å². The molecule has 2 aromatic rings. The van der Waals surface area contributed by atoms with E-state index in [1.54, 1.807) is 38.2 Å². The van der Waals surface area contributed by atoms with E-state index in [4.69, 9.17) is 4.74 Å². The zero-order chi connectivity index (χ0) is 28.2. The maximum Gasteiger partial charge on any atom is 0.321 e. The third kappa shape index (κ3) is 6.73. The van der Waals surface area contributed by atoms with E-state index in [0.29, 0.717) is 24.1 Å². The molecule has 0 bridgehead atoms. The minimum atomic E-state index is -4.00. The molecular weight excluding hydrogens is 518 g/mol. The summed E-state index contributed by atoms with van der Waals surface area (Å²) in [6.45, 7) is 3.48. The molecule has 10 heteroatoms. The summed E-state index contributed by atoms with van der Waals surface area (Å²) >= 11 is 0. The van der Waals surface area contributed by atoms with E-state index in [-0.39, 0.29) is 42.3 Å². The molecular formula is C29H37N3O6S. The van der Waals surface area contributed by atoms with Crippen molar-refractivity contribution in [3.05, 3.63) is 54.1 Å². The van der Waals surface area contributed by atoms with E-state index in [1.807, 2.05) is 25.1 Å². The Kier molecular flexibility index (Phi) is 8.86. The Morgan fingerprint density at radius 3 is 2.59 bits per heavy atom. The van der Waals surface area contributed by atoms with Crippen molar-refractivity contribution in [2.75, 3.05) is 32.1 Å². The number of amides is 2. The highest BCUT2D eigenvalue weighted by Crippen LogP contribution is 2.34. The maximum absolute atomic E-state index is 13.7. The Labute approximate surface area is 230 Å². The number of sulfonamides is 1. The standard InChI is InChI=1S/C29H37N3O6S/c1-21-18-32(22(2)20-33)39(36,37)27-12-11-23(13-16-29(35)14-7-8-15-29)17-25(27)38-26(21)19-31(3)28(34)30-24-9-5-4-6-10-24/h4-6,9-12,17,21-22,26,33,35H,7-8,14-15,18-20H2,1-3H3,(H,30,34)/t21-,22-,26-/m0/s1. The average molecular weight is 556 g/mol. The van der Waals surface area contributed by atoms with E-state index in [2.05, 4.69) is 17.2 Å². The zero-order valence-corrected chi connectivity index (χ0v) is 23.4. The van der Waals surface area contributed by atoms with Gasteiger partial charge < -0.3 is 25.2 Å². The number of aliphatic hydroxyl groups excluding tert-OH is 1. The number of carbonyl (C=O) groups excluding carboxylic acids is 1. The van der Waals surface area contributed by atoms with Gasteiger partial charge >= 0.3 is 6.03 Å². The molecule has 1 saturated carbocycles. The lowest BCUT2D eigenvalue weighted by atomic mass is 10.0. The van der Waals surface area contributed by atoms with Gasteiger partial charge in [0, 0.05) is 36.8 Å². The molecule has 3 atom stereocenters. The number of ether oxygens (including phenoxy) is 1. The van der Waals surface area contributed by atoms with Gasteiger partial charge in [-0.2, -0.15) is 4.31 Å². The van der Waals surface area contributed by atoms with Crippen molar-refractivity contribution < 1.29 is 28.2 Å². The van der Waals surface area contributed by atoms with E-state index in [0.717, 1.165) is 12.8 Å². The first kappa shape index (κ1) is 28.9. The summed E-state index contributed by atoms with van der Waals surface area (Å²) in [6.07, 6.45) is 2.50. The van der Waals surface area contributed by atoms with Gasteiger partial charge in [0.15, 0.2) is 0 Å². The highest BCUT2D eigenvalue weighted by atomic mass is 32.2. The number of para-hydroxylation sites is 1. The number of hydrogen-bond acceptors (Lipinski definition) is 6. The minimum Gasteiger partial charge on any atom is -0.487 e. The van der Waals surface area contributed by atoms with Gasteiger partial charge in [0.25, 0.3) is 0 Å². The summed E-state index contributed by atoms with van der Waals surface area (Å²) < 4.78 is 35.0. The topological polar surface area (TPSA) is 119 Å². The number of fused-ring (bicyclic) bond motifs is 1. The quantitative estimate of drug-likeness (QED) is 0.488. The molecule has 39 heavy (non-hydrogen) atoms. The fourth-order valence-electron chi connectivity index (χ4n) is 4.89. The summed E-state index contributed by atoms with van der Waals surface area (Å²) in [7, 11) is -2.34. The van der Waals surface area contributed by atoms with Gasteiger partial charge in [-0.15, -0.1) is 0 Å². The normalized spacial score (nSPS) is 22.7. The number of hydrogen-bond donors (Lipinski definition) is 3. The lowest BCUT2D eigenvalue weighted by Crippen LogP contribution is -2.50. The van der Waals surface area contributed by atoms with Crippen molar-refractivity contribution in [2.45, 2.75) is 62.2 Å². The van der Waals surface area contributed by atoms with Crippen LogP contribution in [0.4, 0.5) is 10.5 Å². The second kappa shape index (κ2) is 12.0. The molecule has 2 aliphatic rings. The van der Waals surface area contributed by atoms with E-state index >= 15 is 0 Å². The third-order valence-electron chi connectivity index (χ3n) is 7.36. The number of urea groups is 1. The van der Waals surface area contributed by atoms with Crippen LogP contribution in [0.1, 0.15) is 45.1 Å². The molecule has 0 saturated heterocycles. The Bertz CT molecular complexity index is 1330. The van der Waals surface area contributed by atoms with Crippen LogP contribution in [0.5, 0.6) is 5.75 Å². The number of likely N-dealkylation sites (N-methyl/N-ethyl adjacent to an activating group) is 1. The Balaban J connectivity index is 1.66. The number of anilines is 1. The van der Waals surface area contributed by atoms with Crippen LogP contribution in [0.2, 0.25) is 0 Å². The van der Waals surface area contributed by atoms with E-state index < -0.39 is 27.8 Å². The highest BCUT2D eigenvalue weighted by molar-refractivity contribution is 7.89. The van der Waals surface area contributed by atoms with Crippen molar-refractivity contribution in [3.63, 3.8) is 0 Å². The lowest BCUT2D eigenvalue weighted by molar-refractivity contribution is 0.0830. The van der Waals surface area contributed by atoms with Crippen LogP contribution in [0.25, 0.3) is 0 Å². The molecule has 0 radical (unpaired) electrons. The smallest absolute Gasteiger partial charge is 0.321 e. The fraction of sp³-hybridized carbons (Fsp3) is 0.483. The van der Waals surface area contributed by atoms with E-state index in [9.17, 15) is 23.4 Å². The number of carbonyl (C=O) groups is 1. The van der Waals surface area contributed by atoms with Crippen molar-refractivity contribution in [2.24, 2.45) is 5.92 Å². The maximum atomic E-state index is 13.7. The number of rotatable bonds is 5. The Morgan fingerprint density at radius 2 is 1.92 bits per heavy atom. The third-order valence-corrected chi connectivity index (χ3v) is 9.38. The predicted octanol–water partition coefficient (Wildman–Crippen LogP) is 3.28. The second-order valence-electron chi connectivity index (χ2n) is 10.6. The molecule has 210 valence electrons. The van der Waals surface area contributed by atoms with Crippen molar-refractivity contribution in [3.8, 4) is 17.6 Å². The molecule has 1 fully saturated rings. The number of aliphatic hydroxyl groups is 2. The van der Waals surface area contributed by atoms with Gasteiger partial charge in [-0.05, 0) is 62.9 Å². The lowest BCUT2D eigenvalue weighted by Gasteiger charge is -2.37. The minimum absolute atomic E-state index is 0.0266. The summed E-state index contributed by atoms with van der Waals surface area (Å²) in [5.41, 5.74) is 0.150. The Morgan fingerprint density at radius 1 is 1.23 bits per heavy atom. The van der Waals surface area contributed by atoms with Gasteiger partial charge in [0.2, 0.25) is 10.0 Å². The summed E-state index contributed by atoms with van der Waals surface area (Å²) in [4.78, 5) is 14.4. The van der Waals surface area contributed by atoms with Gasteiger partial charge in [0.05, 0.1) is 13.2 Å². The first-order valence-electron chi connectivity index (χ1n) is 13.3. The molecule has 2 aromatic carbocycles. The van der Waals surface area contributed by atoms with Gasteiger partial charge in [0.1, 0.15) is 22.4 Å². The van der Waals surface area contributed by atoms with Crippen LogP contribution in [0.15, 0.2) is 53.4 Å². The molecule has 0 spiro atoms. The largest absolute Gasteiger partial charge is 0.487 e. The van der Waals surface area contributed by atoms with Crippen molar-refractivity contribution >= 4 is 21.7 Å². The van der Waals surface area contributed by atoms with E-state index in [1.165, 1.54) is 15.3 Å². The first-order valence-corrected chi connectivity index (χ1v) is 14.7. The average Bonchev–Trinajstić information content (AvgIpc) is 3.36. The van der Waals surface area contributed by atoms with Crippen LogP contribution in [0, 0.1) is 17.8 Å². The molecule has 0 unspecified atom stereocenters. The zero-order valence-electron chi connectivity index (χ0n) is 22.6.